The molecule has 0 N–H and O–H groups in total. The Kier molecular flexibility index (Phi) is 6.51. The Balaban J connectivity index is 1.65. The van der Waals surface area contributed by atoms with E-state index in [9.17, 15) is 18.0 Å². The Hall–Kier alpha value is -2.86. The van der Waals surface area contributed by atoms with Gasteiger partial charge in [0.1, 0.15) is 6.54 Å². The third-order valence-electron chi connectivity index (χ3n) is 5.01. The standard InChI is InChI=1S/C21H21N3O6S2/c1-29-19(25)14-24-17-4-2-3-5-18(17)31-21(24)22-20(26)15-6-8-16(9-7-15)32(27,28)23-10-12-30-13-11-23/h2-9H,10-14H2,1H3. The van der Waals surface area contributed by atoms with Gasteiger partial charge in [-0.25, -0.2) is 8.42 Å². The van der Waals surface area contributed by atoms with E-state index in [2.05, 4.69) is 4.99 Å². The molecule has 168 valence electrons. The van der Waals surface area contributed by atoms with Crippen molar-refractivity contribution in [3.63, 3.8) is 0 Å². The summed E-state index contributed by atoms with van der Waals surface area (Å²) >= 11 is 1.28. The lowest BCUT2D eigenvalue weighted by molar-refractivity contribution is -0.141. The van der Waals surface area contributed by atoms with Gasteiger partial charge in [0.25, 0.3) is 5.91 Å². The van der Waals surface area contributed by atoms with Crippen LogP contribution >= 0.6 is 11.3 Å². The maximum atomic E-state index is 12.8. The molecular formula is C21H21N3O6S2. The van der Waals surface area contributed by atoms with Crippen molar-refractivity contribution in [2.75, 3.05) is 33.4 Å². The summed E-state index contributed by atoms with van der Waals surface area (Å²) in [4.78, 5) is 29.3. The van der Waals surface area contributed by atoms with Crippen LogP contribution in [0.2, 0.25) is 0 Å². The number of aromatic nitrogens is 1. The molecule has 1 aliphatic rings. The zero-order valence-electron chi connectivity index (χ0n) is 17.3. The zero-order chi connectivity index (χ0) is 22.7. The molecule has 0 unspecified atom stereocenters. The van der Waals surface area contributed by atoms with E-state index in [-0.39, 0.29) is 17.0 Å². The number of thiazole rings is 1. The molecule has 1 saturated heterocycles. The lowest BCUT2D eigenvalue weighted by Gasteiger charge is -2.26. The van der Waals surface area contributed by atoms with E-state index in [4.69, 9.17) is 9.47 Å². The number of sulfonamides is 1. The molecule has 1 aliphatic heterocycles. The number of hydrogen-bond donors (Lipinski definition) is 0. The first-order chi connectivity index (χ1) is 15.4. The smallest absolute Gasteiger partial charge is 0.325 e. The van der Waals surface area contributed by atoms with Crippen LogP contribution < -0.4 is 4.80 Å². The topological polar surface area (TPSA) is 107 Å². The summed E-state index contributed by atoms with van der Waals surface area (Å²) in [5, 5.41) is 0. The molecule has 0 radical (unpaired) electrons. The van der Waals surface area contributed by atoms with Crippen molar-refractivity contribution in [3.8, 4) is 0 Å². The van der Waals surface area contributed by atoms with Gasteiger partial charge >= 0.3 is 5.97 Å². The lowest BCUT2D eigenvalue weighted by atomic mass is 10.2. The van der Waals surface area contributed by atoms with Gasteiger partial charge in [0.05, 0.1) is 35.4 Å². The molecule has 2 heterocycles. The third kappa shape index (κ3) is 4.51. The number of fused-ring (bicyclic) bond motifs is 1. The monoisotopic (exact) mass is 475 g/mol. The largest absolute Gasteiger partial charge is 0.468 e. The average Bonchev–Trinajstić information content (AvgIpc) is 3.16. The molecule has 1 aromatic heterocycles. The van der Waals surface area contributed by atoms with E-state index in [1.54, 1.807) is 4.57 Å². The predicted molar refractivity (Wildman–Crippen MR) is 118 cm³/mol. The van der Waals surface area contributed by atoms with Gasteiger partial charge in [0, 0.05) is 18.7 Å². The Labute approximate surface area is 188 Å². The molecule has 32 heavy (non-hydrogen) atoms. The van der Waals surface area contributed by atoms with Crippen LogP contribution in [-0.4, -0.2) is 62.6 Å². The summed E-state index contributed by atoms with van der Waals surface area (Å²) < 4.78 is 39.3. The van der Waals surface area contributed by atoms with Crippen LogP contribution in [0, 0.1) is 0 Å². The molecule has 4 rings (SSSR count). The molecule has 11 heteroatoms. The van der Waals surface area contributed by atoms with Crippen molar-refractivity contribution in [2.24, 2.45) is 4.99 Å². The number of rotatable bonds is 5. The van der Waals surface area contributed by atoms with E-state index in [0.717, 1.165) is 10.2 Å². The average molecular weight is 476 g/mol. The fourth-order valence-corrected chi connectivity index (χ4v) is 5.75. The highest BCUT2D eigenvalue weighted by Gasteiger charge is 2.26. The number of esters is 1. The van der Waals surface area contributed by atoms with Crippen LogP contribution in [0.5, 0.6) is 0 Å². The van der Waals surface area contributed by atoms with E-state index in [1.165, 1.54) is 47.0 Å². The van der Waals surface area contributed by atoms with Crippen LogP contribution in [-0.2, 0) is 30.8 Å². The summed E-state index contributed by atoms with van der Waals surface area (Å²) in [5.74, 6) is -0.995. The number of amides is 1. The minimum Gasteiger partial charge on any atom is -0.468 e. The Bertz CT molecular complexity index is 1320. The van der Waals surface area contributed by atoms with E-state index in [0.29, 0.717) is 31.1 Å². The van der Waals surface area contributed by atoms with Crippen LogP contribution in [0.25, 0.3) is 10.2 Å². The van der Waals surface area contributed by atoms with Crippen LogP contribution in [0.1, 0.15) is 10.4 Å². The minimum atomic E-state index is -3.65. The minimum absolute atomic E-state index is 0.0800. The number of para-hydroxylation sites is 1. The predicted octanol–water partition coefficient (Wildman–Crippen LogP) is 1.64. The summed E-state index contributed by atoms with van der Waals surface area (Å²) in [6.07, 6.45) is 0. The highest BCUT2D eigenvalue weighted by molar-refractivity contribution is 7.89. The Morgan fingerprint density at radius 1 is 1.09 bits per heavy atom. The molecule has 0 bridgehead atoms. The van der Waals surface area contributed by atoms with Gasteiger partial charge in [-0.1, -0.05) is 23.5 Å². The second-order valence-corrected chi connectivity index (χ2v) is 9.92. The molecular weight excluding hydrogens is 454 g/mol. The SMILES string of the molecule is COC(=O)Cn1c(=NC(=O)c2ccc(S(=O)(=O)N3CCOCC3)cc2)sc2ccccc21. The lowest BCUT2D eigenvalue weighted by Crippen LogP contribution is -2.40. The molecule has 2 aromatic carbocycles. The molecule has 3 aromatic rings. The molecule has 1 amide bonds. The van der Waals surface area contributed by atoms with Crippen molar-refractivity contribution < 1.29 is 27.5 Å². The second-order valence-electron chi connectivity index (χ2n) is 6.97. The highest BCUT2D eigenvalue weighted by Crippen LogP contribution is 2.19. The van der Waals surface area contributed by atoms with Gasteiger partial charge < -0.3 is 14.0 Å². The number of hydrogen-bond acceptors (Lipinski definition) is 7. The third-order valence-corrected chi connectivity index (χ3v) is 7.98. The molecule has 1 fully saturated rings. The Morgan fingerprint density at radius 3 is 2.47 bits per heavy atom. The van der Waals surface area contributed by atoms with Crippen molar-refractivity contribution in [3.05, 3.63) is 58.9 Å². The summed E-state index contributed by atoms with van der Waals surface area (Å²) in [6.45, 7) is 1.23. The van der Waals surface area contributed by atoms with Gasteiger partial charge in [-0.05, 0) is 36.4 Å². The van der Waals surface area contributed by atoms with Gasteiger partial charge in [0.2, 0.25) is 10.0 Å². The number of benzene rings is 2. The van der Waals surface area contributed by atoms with Gasteiger partial charge in [-0.2, -0.15) is 9.30 Å². The number of carbonyl (C=O) groups is 2. The van der Waals surface area contributed by atoms with Crippen molar-refractivity contribution >= 4 is 43.5 Å². The summed E-state index contributed by atoms with van der Waals surface area (Å²) in [7, 11) is -2.35. The molecule has 0 aliphatic carbocycles. The van der Waals surface area contributed by atoms with Crippen molar-refractivity contribution in [1.29, 1.82) is 0 Å². The number of ether oxygens (including phenoxy) is 2. The van der Waals surface area contributed by atoms with Crippen molar-refractivity contribution in [1.82, 2.24) is 8.87 Å². The van der Waals surface area contributed by atoms with Crippen LogP contribution in [0.4, 0.5) is 0 Å². The molecule has 9 nitrogen and oxygen atoms in total. The van der Waals surface area contributed by atoms with Gasteiger partial charge in [-0.3, -0.25) is 9.59 Å². The maximum Gasteiger partial charge on any atom is 0.325 e. The Morgan fingerprint density at radius 2 is 1.78 bits per heavy atom. The fourth-order valence-electron chi connectivity index (χ4n) is 3.31. The zero-order valence-corrected chi connectivity index (χ0v) is 18.9. The molecule has 0 spiro atoms. The summed E-state index contributed by atoms with van der Waals surface area (Å²) in [5.41, 5.74) is 1.01. The number of methoxy groups -OCH3 is 1. The normalized spacial score (nSPS) is 15.7. The first-order valence-electron chi connectivity index (χ1n) is 9.82. The first-order valence-corrected chi connectivity index (χ1v) is 12.1. The van der Waals surface area contributed by atoms with Crippen LogP contribution in [0.3, 0.4) is 0 Å². The number of morpholine rings is 1. The van der Waals surface area contributed by atoms with Crippen molar-refractivity contribution in [2.45, 2.75) is 11.4 Å². The van der Waals surface area contributed by atoms with Gasteiger partial charge in [0.15, 0.2) is 4.80 Å². The number of nitrogens with zero attached hydrogens (tertiary/aromatic N) is 3. The fraction of sp³-hybridized carbons (Fsp3) is 0.286. The molecule has 0 saturated carbocycles. The van der Waals surface area contributed by atoms with Crippen LogP contribution in [0.15, 0.2) is 58.4 Å². The quantitative estimate of drug-likeness (QED) is 0.519. The molecule has 0 atom stereocenters. The first kappa shape index (κ1) is 22.3. The van der Waals surface area contributed by atoms with E-state index in [1.807, 2.05) is 24.3 Å². The highest BCUT2D eigenvalue weighted by atomic mass is 32.2. The number of carbonyl (C=O) groups excluding carboxylic acids is 2. The van der Waals surface area contributed by atoms with E-state index >= 15 is 0 Å². The van der Waals surface area contributed by atoms with E-state index < -0.39 is 21.9 Å². The summed E-state index contributed by atoms with van der Waals surface area (Å²) in [6, 6.07) is 13.1. The maximum absolute atomic E-state index is 12.8. The van der Waals surface area contributed by atoms with Gasteiger partial charge in [-0.15, -0.1) is 0 Å². The second kappa shape index (κ2) is 9.33.